The van der Waals surface area contributed by atoms with Crippen LogP contribution in [0, 0.1) is 0 Å². The smallest absolute Gasteiger partial charge is 0.207 e. The predicted molar refractivity (Wildman–Crippen MR) is 84.1 cm³/mol. The molecule has 1 fully saturated rings. The molecule has 0 bridgehead atoms. The van der Waals surface area contributed by atoms with Gasteiger partial charge in [-0.2, -0.15) is 4.31 Å². The normalized spacial score (nSPS) is 21.5. The van der Waals surface area contributed by atoms with E-state index in [1.165, 1.54) is 4.31 Å². The topological polar surface area (TPSA) is 37.4 Å². The molecule has 0 N–H and O–H groups in total. The zero-order chi connectivity index (χ0) is 14.0. The van der Waals surface area contributed by atoms with Gasteiger partial charge in [-0.15, -0.1) is 11.6 Å². The van der Waals surface area contributed by atoms with E-state index >= 15 is 0 Å². The average molecular weight is 432 g/mol. The molecular weight excluding hydrogens is 417 g/mol. The number of benzene rings is 1. The number of hydrogen-bond donors (Lipinski definition) is 0. The Morgan fingerprint density at radius 2 is 2.05 bits per heavy atom. The monoisotopic (exact) mass is 429 g/mol. The first-order chi connectivity index (χ1) is 8.96. The molecule has 7 heteroatoms. The third-order valence-electron chi connectivity index (χ3n) is 3.23. The fourth-order valence-corrected chi connectivity index (χ4v) is 5.81. The molecule has 106 valence electrons. The van der Waals surface area contributed by atoms with E-state index in [0.29, 0.717) is 21.8 Å². The first kappa shape index (κ1) is 15.8. The Kier molecular flexibility index (Phi) is 5.34. The first-order valence-corrected chi connectivity index (χ1v) is 9.55. The molecule has 1 aromatic carbocycles. The molecule has 1 aromatic rings. The van der Waals surface area contributed by atoms with Gasteiger partial charge in [0, 0.05) is 27.4 Å². The zero-order valence-electron chi connectivity index (χ0n) is 10.2. The predicted octanol–water partition coefficient (Wildman–Crippen LogP) is 3.99. The molecule has 0 radical (unpaired) electrons. The van der Waals surface area contributed by atoms with Crippen molar-refractivity contribution in [2.45, 2.75) is 30.2 Å². The van der Waals surface area contributed by atoms with Crippen LogP contribution in [0.5, 0.6) is 0 Å². The minimum atomic E-state index is -3.50. The first-order valence-electron chi connectivity index (χ1n) is 5.99. The van der Waals surface area contributed by atoms with Crippen molar-refractivity contribution in [3.8, 4) is 0 Å². The van der Waals surface area contributed by atoms with Crippen LogP contribution in [0.1, 0.15) is 19.3 Å². The van der Waals surface area contributed by atoms with E-state index in [1.54, 1.807) is 18.2 Å². The van der Waals surface area contributed by atoms with Gasteiger partial charge in [0.15, 0.2) is 0 Å². The number of rotatable bonds is 3. The van der Waals surface area contributed by atoms with Crippen molar-refractivity contribution in [2.24, 2.45) is 0 Å². The van der Waals surface area contributed by atoms with Crippen molar-refractivity contribution < 1.29 is 8.42 Å². The van der Waals surface area contributed by atoms with Gasteiger partial charge in [-0.1, -0.05) is 22.4 Å². The van der Waals surface area contributed by atoms with Crippen LogP contribution in [-0.2, 0) is 10.0 Å². The van der Waals surface area contributed by atoms with Crippen LogP contribution in [0.2, 0.25) is 0 Å². The molecule has 0 spiro atoms. The molecule has 1 aliphatic rings. The lowest BCUT2D eigenvalue weighted by atomic mass is 10.1. The number of hydrogen-bond acceptors (Lipinski definition) is 2. The van der Waals surface area contributed by atoms with Gasteiger partial charge in [-0.05, 0) is 47.0 Å². The summed E-state index contributed by atoms with van der Waals surface area (Å²) in [7, 11) is -3.50. The van der Waals surface area contributed by atoms with E-state index < -0.39 is 10.0 Å². The highest BCUT2D eigenvalue weighted by Crippen LogP contribution is 2.31. The molecule has 0 amide bonds. The van der Waals surface area contributed by atoms with Crippen molar-refractivity contribution in [1.82, 2.24) is 4.31 Å². The second-order valence-corrected chi connectivity index (χ2v) is 8.43. The molecule has 1 aliphatic heterocycles. The Balaban J connectivity index is 2.43. The molecule has 0 saturated carbocycles. The quantitative estimate of drug-likeness (QED) is 0.679. The average Bonchev–Trinajstić information content (AvgIpc) is 2.41. The fourth-order valence-electron chi connectivity index (χ4n) is 2.25. The summed E-state index contributed by atoms with van der Waals surface area (Å²) in [5.41, 5.74) is 0. The van der Waals surface area contributed by atoms with E-state index in [-0.39, 0.29) is 6.04 Å². The van der Waals surface area contributed by atoms with Gasteiger partial charge in [-0.3, -0.25) is 0 Å². The van der Waals surface area contributed by atoms with Crippen molar-refractivity contribution in [2.75, 3.05) is 12.4 Å². The van der Waals surface area contributed by atoms with Gasteiger partial charge in [-0.25, -0.2) is 8.42 Å². The maximum Gasteiger partial charge on any atom is 0.244 e. The zero-order valence-corrected chi connectivity index (χ0v) is 14.9. The van der Waals surface area contributed by atoms with Gasteiger partial charge in [0.1, 0.15) is 0 Å². The lowest BCUT2D eigenvalue weighted by molar-refractivity contribution is 0.271. The number of alkyl halides is 1. The third-order valence-corrected chi connectivity index (χ3v) is 7.03. The molecule has 1 unspecified atom stereocenters. The molecule has 1 saturated heterocycles. The summed E-state index contributed by atoms with van der Waals surface area (Å²) in [4.78, 5) is 0.291. The van der Waals surface area contributed by atoms with Gasteiger partial charge in [0.2, 0.25) is 10.0 Å². The second kappa shape index (κ2) is 6.43. The van der Waals surface area contributed by atoms with Crippen LogP contribution in [0.4, 0.5) is 0 Å². The molecule has 2 rings (SSSR count). The summed E-state index contributed by atoms with van der Waals surface area (Å²) in [6.07, 6.45) is 2.75. The maximum atomic E-state index is 12.7. The lowest BCUT2D eigenvalue weighted by Crippen LogP contribution is -2.44. The van der Waals surface area contributed by atoms with E-state index in [4.69, 9.17) is 11.6 Å². The van der Waals surface area contributed by atoms with E-state index in [1.807, 2.05) is 0 Å². The molecular formula is C12H14Br2ClNO2S. The second-order valence-electron chi connectivity index (χ2n) is 4.49. The third kappa shape index (κ3) is 3.35. The van der Waals surface area contributed by atoms with Crippen molar-refractivity contribution in [3.05, 3.63) is 27.1 Å². The number of halogens is 3. The summed E-state index contributed by atoms with van der Waals surface area (Å²) in [6, 6.07) is 5.06. The summed E-state index contributed by atoms with van der Waals surface area (Å²) >= 11 is 12.5. The summed E-state index contributed by atoms with van der Waals surface area (Å²) in [5, 5.41) is 0. The highest BCUT2D eigenvalue weighted by atomic mass is 79.9. The maximum absolute atomic E-state index is 12.7. The summed E-state index contributed by atoms with van der Waals surface area (Å²) < 4.78 is 28.4. The number of piperidine rings is 1. The van der Waals surface area contributed by atoms with Crippen LogP contribution < -0.4 is 0 Å². The van der Waals surface area contributed by atoms with Crippen molar-refractivity contribution in [1.29, 1.82) is 0 Å². The fraction of sp³-hybridized carbons (Fsp3) is 0.500. The molecule has 0 aromatic heterocycles. The molecule has 0 aliphatic carbocycles. The highest BCUT2D eigenvalue weighted by Gasteiger charge is 2.34. The van der Waals surface area contributed by atoms with Gasteiger partial charge in [0.05, 0.1) is 4.90 Å². The van der Waals surface area contributed by atoms with E-state index in [0.717, 1.165) is 23.7 Å². The van der Waals surface area contributed by atoms with Gasteiger partial charge in [0.25, 0.3) is 0 Å². The lowest BCUT2D eigenvalue weighted by Gasteiger charge is -2.33. The summed E-state index contributed by atoms with van der Waals surface area (Å²) in [6.45, 7) is 0.540. The van der Waals surface area contributed by atoms with Crippen LogP contribution in [0.3, 0.4) is 0 Å². The molecule has 19 heavy (non-hydrogen) atoms. The minimum absolute atomic E-state index is 0.105. The molecule has 1 heterocycles. The Hall–Kier alpha value is 0.380. The van der Waals surface area contributed by atoms with Crippen LogP contribution in [0.25, 0.3) is 0 Å². The van der Waals surface area contributed by atoms with Gasteiger partial charge < -0.3 is 0 Å². The van der Waals surface area contributed by atoms with Crippen molar-refractivity contribution >= 4 is 53.5 Å². The van der Waals surface area contributed by atoms with Crippen LogP contribution in [0.15, 0.2) is 32.0 Å². The SMILES string of the molecule is O=S(=O)(c1cc(Br)ccc1Br)N1CCCCC1CCl. The Bertz CT molecular complexity index is 565. The van der Waals surface area contributed by atoms with Gasteiger partial charge >= 0.3 is 0 Å². The number of sulfonamides is 1. The summed E-state index contributed by atoms with van der Waals surface area (Å²) in [5.74, 6) is 0.338. The van der Waals surface area contributed by atoms with Crippen LogP contribution in [-0.4, -0.2) is 31.2 Å². The molecule has 3 nitrogen and oxygen atoms in total. The Morgan fingerprint density at radius 1 is 1.32 bits per heavy atom. The Morgan fingerprint density at radius 3 is 2.74 bits per heavy atom. The van der Waals surface area contributed by atoms with E-state index in [9.17, 15) is 8.42 Å². The number of nitrogens with zero attached hydrogens (tertiary/aromatic N) is 1. The van der Waals surface area contributed by atoms with Crippen molar-refractivity contribution in [3.63, 3.8) is 0 Å². The Labute approximate surface area is 135 Å². The molecule has 1 atom stereocenters. The minimum Gasteiger partial charge on any atom is -0.207 e. The van der Waals surface area contributed by atoms with Crippen LogP contribution >= 0.6 is 43.5 Å². The standard InChI is InChI=1S/C12H14Br2ClNO2S/c13-9-4-5-11(14)12(7-9)19(17,18)16-6-2-1-3-10(16)8-15/h4-5,7,10H,1-3,6,8H2. The highest BCUT2D eigenvalue weighted by molar-refractivity contribution is 9.11. The largest absolute Gasteiger partial charge is 0.244 e. The van der Waals surface area contributed by atoms with E-state index in [2.05, 4.69) is 31.9 Å².